The number of amides is 2. The maximum absolute atomic E-state index is 11.3. The van der Waals surface area contributed by atoms with Crippen LogP contribution in [0.15, 0.2) is 4.52 Å². The van der Waals surface area contributed by atoms with Gasteiger partial charge in [-0.25, -0.2) is 9.59 Å². The molecule has 1 heterocycles. The van der Waals surface area contributed by atoms with Crippen LogP contribution in [0, 0.1) is 6.92 Å². The smallest absolute Gasteiger partial charge is 0.326 e. The van der Waals surface area contributed by atoms with Crippen molar-refractivity contribution in [1.29, 1.82) is 0 Å². The van der Waals surface area contributed by atoms with Crippen molar-refractivity contribution in [2.45, 2.75) is 32.9 Å². The van der Waals surface area contributed by atoms with Crippen LogP contribution in [0.5, 0.6) is 0 Å². The van der Waals surface area contributed by atoms with Crippen molar-refractivity contribution < 1.29 is 19.2 Å². The largest absolute Gasteiger partial charge is 0.480 e. The Morgan fingerprint density at radius 3 is 2.71 bits per heavy atom. The van der Waals surface area contributed by atoms with Crippen LogP contribution < -0.4 is 10.6 Å². The number of rotatable bonds is 5. The van der Waals surface area contributed by atoms with E-state index in [1.165, 1.54) is 0 Å². The number of carboxylic acids is 1. The van der Waals surface area contributed by atoms with E-state index in [9.17, 15) is 9.59 Å². The molecular weight excluding hydrogens is 228 g/mol. The number of aromatic nitrogens is 2. The summed E-state index contributed by atoms with van der Waals surface area (Å²) in [7, 11) is 0. The van der Waals surface area contributed by atoms with E-state index < -0.39 is 18.0 Å². The summed E-state index contributed by atoms with van der Waals surface area (Å²) in [6.45, 7) is 3.38. The highest BCUT2D eigenvalue weighted by Crippen LogP contribution is 1.94. The van der Waals surface area contributed by atoms with Crippen molar-refractivity contribution in [3.05, 3.63) is 11.7 Å². The Labute approximate surface area is 97.4 Å². The van der Waals surface area contributed by atoms with E-state index >= 15 is 0 Å². The van der Waals surface area contributed by atoms with Gasteiger partial charge < -0.3 is 20.3 Å². The van der Waals surface area contributed by atoms with Gasteiger partial charge in [-0.05, 0) is 6.42 Å². The number of nitrogens with one attached hydrogen (secondary N) is 2. The number of aliphatic carboxylic acids is 1. The summed E-state index contributed by atoms with van der Waals surface area (Å²) in [4.78, 5) is 25.9. The molecular formula is C9H14N4O4. The fourth-order valence-electron chi connectivity index (χ4n) is 1.12. The van der Waals surface area contributed by atoms with Crippen molar-refractivity contribution in [1.82, 2.24) is 20.8 Å². The van der Waals surface area contributed by atoms with Crippen molar-refractivity contribution in [3.8, 4) is 0 Å². The Balaban J connectivity index is 2.37. The Morgan fingerprint density at radius 1 is 1.53 bits per heavy atom. The Bertz CT molecular complexity index is 403. The summed E-state index contributed by atoms with van der Waals surface area (Å²) in [6.07, 6.45) is 0.310. The summed E-state index contributed by atoms with van der Waals surface area (Å²) in [5.74, 6) is -0.335. The third-order valence-corrected chi connectivity index (χ3v) is 1.99. The maximum atomic E-state index is 11.3. The van der Waals surface area contributed by atoms with E-state index in [0.717, 1.165) is 0 Å². The van der Waals surface area contributed by atoms with Gasteiger partial charge in [-0.1, -0.05) is 12.1 Å². The van der Waals surface area contributed by atoms with E-state index in [2.05, 4.69) is 20.8 Å². The SMILES string of the molecule is CC[C@H](NC(=O)NCc1noc(C)n1)C(=O)O. The summed E-state index contributed by atoms with van der Waals surface area (Å²) in [5, 5.41) is 17.0. The summed E-state index contributed by atoms with van der Waals surface area (Å²) < 4.78 is 4.71. The number of carbonyl (C=O) groups excluding carboxylic acids is 1. The molecule has 8 heteroatoms. The van der Waals surface area contributed by atoms with E-state index in [0.29, 0.717) is 18.1 Å². The van der Waals surface area contributed by atoms with Gasteiger partial charge in [0.1, 0.15) is 6.04 Å². The molecule has 0 aliphatic carbocycles. The van der Waals surface area contributed by atoms with E-state index in [1.54, 1.807) is 13.8 Å². The van der Waals surface area contributed by atoms with Gasteiger partial charge in [0.05, 0.1) is 6.54 Å². The molecule has 1 aromatic rings. The first-order chi connectivity index (χ1) is 8.02. The molecule has 1 atom stereocenters. The van der Waals surface area contributed by atoms with Gasteiger partial charge in [0.15, 0.2) is 5.82 Å². The Hall–Kier alpha value is -2.12. The normalized spacial score (nSPS) is 11.9. The molecule has 0 fully saturated rings. The van der Waals surface area contributed by atoms with Crippen molar-refractivity contribution in [2.24, 2.45) is 0 Å². The first-order valence-corrected chi connectivity index (χ1v) is 5.09. The molecule has 0 radical (unpaired) electrons. The van der Waals surface area contributed by atoms with Gasteiger partial charge in [0.2, 0.25) is 5.89 Å². The van der Waals surface area contributed by atoms with Gasteiger partial charge in [0.25, 0.3) is 0 Å². The molecule has 0 aliphatic heterocycles. The van der Waals surface area contributed by atoms with Gasteiger partial charge in [-0.15, -0.1) is 0 Å². The molecule has 2 amide bonds. The minimum atomic E-state index is -1.07. The lowest BCUT2D eigenvalue weighted by Crippen LogP contribution is -2.45. The highest BCUT2D eigenvalue weighted by molar-refractivity contribution is 5.82. The number of hydrogen-bond acceptors (Lipinski definition) is 5. The average Bonchev–Trinajstić information content (AvgIpc) is 2.68. The Kier molecular flexibility index (Phi) is 4.44. The lowest BCUT2D eigenvalue weighted by atomic mass is 10.2. The Morgan fingerprint density at radius 2 is 2.24 bits per heavy atom. The minimum absolute atomic E-state index is 0.0826. The number of aryl methyl sites for hydroxylation is 1. The molecule has 94 valence electrons. The fraction of sp³-hybridized carbons (Fsp3) is 0.556. The van der Waals surface area contributed by atoms with Crippen LogP contribution in [-0.4, -0.2) is 33.3 Å². The summed E-state index contributed by atoms with van der Waals surface area (Å²) in [6, 6.07) is -1.48. The molecule has 0 spiro atoms. The monoisotopic (exact) mass is 242 g/mol. The predicted molar refractivity (Wildman–Crippen MR) is 56.1 cm³/mol. The van der Waals surface area contributed by atoms with Gasteiger partial charge >= 0.3 is 12.0 Å². The highest BCUT2D eigenvalue weighted by atomic mass is 16.5. The summed E-state index contributed by atoms with van der Waals surface area (Å²) >= 11 is 0. The zero-order valence-corrected chi connectivity index (χ0v) is 9.56. The number of carboxylic acid groups (broad SMARTS) is 1. The minimum Gasteiger partial charge on any atom is -0.480 e. The van der Waals surface area contributed by atoms with Gasteiger partial charge in [0, 0.05) is 6.92 Å². The number of hydrogen-bond donors (Lipinski definition) is 3. The zero-order valence-electron chi connectivity index (χ0n) is 9.56. The van der Waals surface area contributed by atoms with E-state index in [4.69, 9.17) is 9.63 Å². The molecule has 1 aromatic heterocycles. The topological polar surface area (TPSA) is 117 Å². The third kappa shape index (κ3) is 4.09. The molecule has 3 N–H and O–H groups in total. The van der Waals surface area contributed by atoms with Crippen LogP contribution in [0.4, 0.5) is 4.79 Å². The van der Waals surface area contributed by atoms with E-state index in [-0.39, 0.29) is 6.54 Å². The molecule has 0 aliphatic rings. The zero-order chi connectivity index (χ0) is 12.8. The maximum Gasteiger partial charge on any atom is 0.326 e. The quantitative estimate of drug-likeness (QED) is 0.671. The molecule has 0 bridgehead atoms. The third-order valence-electron chi connectivity index (χ3n) is 1.99. The highest BCUT2D eigenvalue weighted by Gasteiger charge is 2.17. The number of urea groups is 1. The lowest BCUT2D eigenvalue weighted by molar-refractivity contribution is -0.139. The van der Waals surface area contributed by atoms with Crippen molar-refractivity contribution in [2.75, 3.05) is 0 Å². The molecule has 0 unspecified atom stereocenters. The fourth-order valence-corrected chi connectivity index (χ4v) is 1.12. The lowest BCUT2D eigenvalue weighted by Gasteiger charge is -2.12. The van der Waals surface area contributed by atoms with Crippen LogP contribution in [0.25, 0.3) is 0 Å². The van der Waals surface area contributed by atoms with Gasteiger partial charge in [-0.2, -0.15) is 4.98 Å². The standard InChI is InChI=1S/C9H14N4O4/c1-3-6(8(14)15)12-9(16)10-4-7-11-5(2)17-13-7/h6H,3-4H2,1-2H3,(H,14,15)(H2,10,12,16)/t6-/m0/s1. The van der Waals surface area contributed by atoms with Crippen LogP contribution >= 0.6 is 0 Å². The van der Waals surface area contributed by atoms with Crippen LogP contribution in [0.1, 0.15) is 25.1 Å². The van der Waals surface area contributed by atoms with Crippen molar-refractivity contribution in [3.63, 3.8) is 0 Å². The molecule has 0 aromatic carbocycles. The van der Waals surface area contributed by atoms with E-state index in [1.807, 2.05) is 0 Å². The van der Waals surface area contributed by atoms with Crippen LogP contribution in [0.2, 0.25) is 0 Å². The second-order valence-electron chi connectivity index (χ2n) is 3.36. The number of carbonyl (C=O) groups is 2. The number of nitrogens with zero attached hydrogens (tertiary/aromatic N) is 2. The molecule has 8 nitrogen and oxygen atoms in total. The molecule has 1 rings (SSSR count). The second-order valence-corrected chi connectivity index (χ2v) is 3.36. The molecule has 17 heavy (non-hydrogen) atoms. The average molecular weight is 242 g/mol. The van der Waals surface area contributed by atoms with Crippen molar-refractivity contribution >= 4 is 12.0 Å². The molecule has 0 saturated carbocycles. The van der Waals surface area contributed by atoms with Crippen LogP contribution in [0.3, 0.4) is 0 Å². The first kappa shape index (κ1) is 12.9. The van der Waals surface area contributed by atoms with Crippen LogP contribution in [-0.2, 0) is 11.3 Å². The second kappa shape index (κ2) is 5.83. The summed E-state index contributed by atoms with van der Waals surface area (Å²) in [5.41, 5.74) is 0. The predicted octanol–water partition coefficient (Wildman–Crippen LogP) is 0.0404. The van der Waals surface area contributed by atoms with Gasteiger partial charge in [-0.3, -0.25) is 0 Å². The molecule has 0 saturated heterocycles. The first-order valence-electron chi connectivity index (χ1n) is 5.09.